The minimum absolute atomic E-state index is 0.203. The molecule has 0 saturated carbocycles. The summed E-state index contributed by atoms with van der Waals surface area (Å²) in [6.07, 6.45) is 0. The Morgan fingerprint density at radius 1 is 0.636 bits per heavy atom. The molecular weight excluding hydrogens is 488 g/mol. The number of halogens is 1. The SMILES string of the molecule is COc1cc(C#Cc2cc(Br)cc(C(=O)C(=O)c3ccc(OC)c(OC)c3)c2)cc(OC)c1. The Morgan fingerprint density at radius 2 is 1.21 bits per heavy atom. The third-order valence-electron chi connectivity index (χ3n) is 4.71. The maximum absolute atomic E-state index is 12.9. The van der Waals surface area contributed by atoms with Crippen LogP contribution in [0.2, 0.25) is 0 Å². The van der Waals surface area contributed by atoms with Crippen molar-refractivity contribution in [2.45, 2.75) is 0 Å². The van der Waals surface area contributed by atoms with Crippen LogP contribution in [0.15, 0.2) is 59.1 Å². The van der Waals surface area contributed by atoms with Crippen LogP contribution in [0.1, 0.15) is 31.8 Å². The summed E-state index contributed by atoms with van der Waals surface area (Å²) < 4.78 is 21.6. The molecule has 0 bridgehead atoms. The predicted molar refractivity (Wildman–Crippen MR) is 128 cm³/mol. The van der Waals surface area contributed by atoms with Crippen molar-refractivity contribution in [3.05, 3.63) is 81.3 Å². The Balaban J connectivity index is 1.92. The van der Waals surface area contributed by atoms with Crippen LogP contribution in [0.25, 0.3) is 0 Å². The zero-order valence-electron chi connectivity index (χ0n) is 18.5. The van der Waals surface area contributed by atoms with Gasteiger partial charge in [0.15, 0.2) is 11.5 Å². The van der Waals surface area contributed by atoms with E-state index in [0.717, 1.165) is 0 Å². The number of carbonyl (C=O) groups excluding carboxylic acids is 2. The predicted octanol–water partition coefficient (Wildman–Crippen LogP) is 4.95. The van der Waals surface area contributed by atoms with Crippen LogP contribution in [0.5, 0.6) is 23.0 Å². The van der Waals surface area contributed by atoms with Gasteiger partial charge in [-0.1, -0.05) is 27.8 Å². The van der Waals surface area contributed by atoms with Crippen molar-refractivity contribution in [1.29, 1.82) is 0 Å². The average molecular weight is 509 g/mol. The second kappa shape index (κ2) is 10.7. The van der Waals surface area contributed by atoms with E-state index >= 15 is 0 Å². The first-order chi connectivity index (χ1) is 15.9. The molecule has 0 aliphatic heterocycles. The molecule has 0 aliphatic rings. The van der Waals surface area contributed by atoms with Gasteiger partial charge in [-0.15, -0.1) is 0 Å². The molecule has 0 amide bonds. The number of methoxy groups -OCH3 is 4. The van der Waals surface area contributed by atoms with Gasteiger partial charge in [-0.25, -0.2) is 0 Å². The molecule has 0 unspecified atom stereocenters. The van der Waals surface area contributed by atoms with Crippen LogP contribution < -0.4 is 18.9 Å². The Labute approximate surface area is 200 Å². The molecule has 7 heteroatoms. The lowest BCUT2D eigenvalue weighted by molar-refractivity contribution is 0.0816. The summed E-state index contributed by atoms with van der Waals surface area (Å²) >= 11 is 3.39. The summed E-state index contributed by atoms with van der Waals surface area (Å²) in [4.78, 5) is 25.8. The van der Waals surface area contributed by atoms with Gasteiger partial charge in [-0.3, -0.25) is 9.59 Å². The van der Waals surface area contributed by atoms with Crippen LogP contribution in [0, 0.1) is 11.8 Å². The first-order valence-corrected chi connectivity index (χ1v) is 10.5. The topological polar surface area (TPSA) is 71.1 Å². The molecule has 3 aromatic carbocycles. The van der Waals surface area contributed by atoms with Crippen LogP contribution in [0.3, 0.4) is 0 Å². The van der Waals surface area contributed by atoms with Gasteiger partial charge in [0.25, 0.3) is 0 Å². The average Bonchev–Trinajstić information content (AvgIpc) is 2.85. The first-order valence-electron chi connectivity index (χ1n) is 9.75. The Hall–Kier alpha value is -3.76. The van der Waals surface area contributed by atoms with Gasteiger partial charge in [-0.2, -0.15) is 0 Å². The third-order valence-corrected chi connectivity index (χ3v) is 5.17. The molecule has 168 valence electrons. The molecule has 33 heavy (non-hydrogen) atoms. The number of hydrogen-bond donors (Lipinski definition) is 0. The fourth-order valence-electron chi connectivity index (χ4n) is 3.06. The zero-order valence-corrected chi connectivity index (χ0v) is 20.1. The zero-order chi connectivity index (χ0) is 24.0. The number of benzene rings is 3. The fraction of sp³-hybridized carbons (Fsp3) is 0.154. The van der Waals surface area contributed by atoms with Gasteiger partial charge in [0.2, 0.25) is 11.6 Å². The number of rotatable bonds is 7. The van der Waals surface area contributed by atoms with Gasteiger partial charge >= 0.3 is 0 Å². The Bertz CT molecular complexity index is 1250. The summed E-state index contributed by atoms with van der Waals surface area (Å²) in [5.74, 6) is 6.80. The van der Waals surface area contributed by atoms with E-state index in [9.17, 15) is 9.59 Å². The van der Waals surface area contributed by atoms with Gasteiger partial charge < -0.3 is 18.9 Å². The number of ketones is 2. The molecule has 0 N–H and O–H groups in total. The van der Waals surface area contributed by atoms with Crippen LogP contribution in [-0.4, -0.2) is 40.0 Å². The minimum atomic E-state index is -0.662. The highest BCUT2D eigenvalue weighted by Gasteiger charge is 2.21. The molecule has 0 spiro atoms. The highest BCUT2D eigenvalue weighted by molar-refractivity contribution is 9.10. The van der Waals surface area contributed by atoms with E-state index in [1.54, 1.807) is 56.7 Å². The van der Waals surface area contributed by atoms with Gasteiger partial charge in [0.1, 0.15) is 11.5 Å². The van der Waals surface area contributed by atoms with E-state index < -0.39 is 11.6 Å². The van der Waals surface area contributed by atoms with E-state index in [2.05, 4.69) is 27.8 Å². The largest absolute Gasteiger partial charge is 0.497 e. The smallest absolute Gasteiger partial charge is 0.233 e. The number of carbonyl (C=O) groups is 2. The number of hydrogen-bond acceptors (Lipinski definition) is 6. The molecule has 6 nitrogen and oxygen atoms in total. The van der Waals surface area contributed by atoms with Crippen molar-refractivity contribution >= 4 is 27.5 Å². The second-order valence-electron chi connectivity index (χ2n) is 6.81. The van der Waals surface area contributed by atoms with E-state index in [0.29, 0.717) is 38.6 Å². The van der Waals surface area contributed by atoms with E-state index in [4.69, 9.17) is 18.9 Å². The third kappa shape index (κ3) is 5.73. The van der Waals surface area contributed by atoms with Gasteiger partial charge in [0.05, 0.1) is 28.4 Å². The quantitative estimate of drug-likeness (QED) is 0.255. The molecular formula is C26H21BrO6. The maximum atomic E-state index is 12.9. The lowest BCUT2D eigenvalue weighted by atomic mass is 9.99. The fourth-order valence-corrected chi connectivity index (χ4v) is 3.55. The molecule has 0 saturated heterocycles. The Kier molecular flexibility index (Phi) is 7.75. The van der Waals surface area contributed by atoms with E-state index in [1.165, 1.54) is 26.4 Å². The molecule has 0 heterocycles. The van der Waals surface area contributed by atoms with Gasteiger partial charge in [-0.05, 0) is 48.5 Å². The molecule has 3 rings (SSSR count). The van der Waals surface area contributed by atoms with Crippen LogP contribution in [-0.2, 0) is 0 Å². The second-order valence-corrected chi connectivity index (χ2v) is 7.72. The number of Topliss-reactive ketones (excluding diaryl/α,β-unsaturated/α-hetero) is 2. The monoisotopic (exact) mass is 508 g/mol. The lowest BCUT2D eigenvalue weighted by Crippen LogP contribution is -2.15. The van der Waals surface area contributed by atoms with E-state index in [1.807, 2.05) is 0 Å². The number of ether oxygens (including phenoxy) is 4. The molecule has 3 aromatic rings. The van der Waals surface area contributed by atoms with Crippen molar-refractivity contribution in [3.8, 4) is 34.8 Å². The van der Waals surface area contributed by atoms with Crippen molar-refractivity contribution in [2.75, 3.05) is 28.4 Å². The highest BCUT2D eigenvalue weighted by atomic mass is 79.9. The van der Waals surface area contributed by atoms with Crippen molar-refractivity contribution in [2.24, 2.45) is 0 Å². The molecule has 0 radical (unpaired) electrons. The van der Waals surface area contributed by atoms with Gasteiger partial charge in [0, 0.05) is 32.8 Å². The highest BCUT2D eigenvalue weighted by Crippen LogP contribution is 2.28. The van der Waals surface area contributed by atoms with E-state index in [-0.39, 0.29) is 11.1 Å². The summed E-state index contributed by atoms with van der Waals surface area (Å²) in [5.41, 5.74) is 1.67. The molecule has 0 aliphatic carbocycles. The summed E-state index contributed by atoms with van der Waals surface area (Å²) in [7, 11) is 6.09. The normalized spacial score (nSPS) is 9.97. The summed E-state index contributed by atoms with van der Waals surface area (Å²) in [5, 5.41) is 0. The lowest BCUT2D eigenvalue weighted by Gasteiger charge is -2.09. The van der Waals surface area contributed by atoms with Crippen LogP contribution >= 0.6 is 15.9 Å². The van der Waals surface area contributed by atoms with Crippen molar-refractivity contribution in [1.82, 2.24) is 0 Å². The van der Waals surface area contributed by atoms with Crippen molar-refractivity contribution < 1.29 is 28.5 Å². The molecule has 0 aromatic heterocycles. The Morgan fingerprint density at radius 3 is 1.79 bits per heavy atom. The minimum Gasteiger partial charge on any atom is -0.497 e. The standard InChI is InChI=1S/C26H21BrO6/c1-30-21-11-17(12-22(15-21)31-2)6-5-16-9-19(13-20(27)10-16)26(29)25(28)18-7-8-23(32-3)24(14-18)33-4/h7-15H,1-4H3. The summed E-state index contributed by atoms with van der Waals surface area (Å²) in [6, 6.07) is 14.8. The maximum Gasteiger partial charge on any atom is 0.233 e. The van der Waals surface area contributed by atoms with Crippen LogP contribution in [0.4, 0.5) is 0 Å². The first kappa shape index (κ1) is 23.9. The molecule has 0 atom stereocenters. The molecule has 0 fully saturated rings. The van der Waals surface area contributed by atoms with Crippen molar-refractivity contribution in [3.63, 3.8) is 0 Å². The summed E-state index contributed by atoms with van der Waals surface area (Å²) in [6.45, 7) is 0.